The number of fused-ring (bicyclic) bond motifs is 1. The van der Waals surface area contributed by atoms with Crippen LogP contribution in [0.1, 0.15) is 15.9 Å². The second-order valence-electron chi connectivity index (χ2n) is 3.24. The number of rotatable bonds is 0. The van der Waals surface area contributed by atoms with Gasteiger partial charge in [-0.15, -0.1) is 0 Å². The maximum atomic E-state index is 11.6. The van der Waals surface area contributed by atoms with Crippen molar-refractivity contribution in [2.75, 3.05) is 7.05 Å². The van der Waals surface area contributed by atoms with Gasteiger partial charge < -0.3 is 0 Å². The first-order valence-corrected chi connectivity index (χ1v) is 4.56. The fourth-order valence-electron chi connectivity index (χ4n) is 1.48. The standard InChI is InChI=1S/C10H8ClNO2/c1-12-9(13)4-6-2-3-7(11)5-8(6)10(12)14/h2-3,5H,4H2,1H3. The molecule has 0 saturated carbocycles. The highest BCUT2D eigenvalue weighted by atomic mass is 35.5. The van der Waals surface area contributed by atoms with Crippen molar-refractivity contribution in [3.05, 3.63) is 34.3 Å². The molecule has 0 aromatic heterocycles. The van der Waals surface area contributed by atoms with Gasteiger partial charge in [-0.3, -0.25) is 14.5 Å². The Morgan fingerprint density at radius 2 is 2.07 bits per heavy atom. The summed E-state index contributed by atoms with van der Waals surface area (Å²) in [6.07, 6.45) is 0.273. The van der Waals surface area contributed by atoms with Gasteiger partial charge in [0.25, 0.3) is 5.91 Å². The number of amides is 2. The van der Waals surface area contributed by atoms with Crippen molar-refractivity contribution in [1.29, 1.82) is 0 Å². The Morgan fingerprint density at radius 1 is 1.36 bits per heavy atom. The molecule has 0 bridgehead atoms. The van der Waals surface area contributed by atoms with Gasteiger partial charge in [-0.05, 0) is 17.7 Å². The Bertz CT molecular complexity index is 428. The van der Waals surface area contributed by atoms with Crippen LogP contribution in [0, 0.1) is 0 Å². The number of nitrogens with zero attached hydrogens (tertiary/aromatic N) is 1. The van der Waals surface area contributed by atoms with Gasteiger partial charge in [0.2, 0.25) is 5.91 Å². The van der Waals surface area contributed by atoms with E-state index >= 15 is 0 Å². The van der Waals surface area contributed by atoms with Gasteiger partial charge in [0.1, 0.15) is 0 Å². The molecule has 0 radical (unpaired) electrons. The second kappa shape index (κ2) is 3.10. The van der Waals surface area contributed by atoms with Gasteiger partial charge >= 0.3 is 0 Å². The summed E-state index contributed by atoms with van der Waals surface area (Å²) >= 11 is 5.77. The van der Waals surface area contributed by atoms with E-state index in [9.17, 15) is 9.59 Å². The van der Waals surface area contributed by atoms with E-state index in [1.807, 2.05) is 0 Å². The zero-order chi connectivity index (χ0) is 10.3. The number of imide groups is 1. The molecule has 0 unspecified atom stereocenters. The zero-order valence-electron chi connectivity index (χ0n) is 7.58. The molecular formula is C10H8ClNO2. The molecule has 1 aliphatic heterocycles. The smallest absolute Gasteiger partial charge is 0.260 e. The van der Waals surface area contributed by atoms with Crippen LogP contribution in [0.5, 0.6) is 0 Å². The third-order valence-corrected chi connectivity index (χ3v) is 2.56. The third-order valence-electron chi connectivity index (χ3n) is 2.32. The Balaban J connectivity index is 2.57. The Hall–Kier alpha value is -1.35. The largest absolute Gasteiger partial charge is 0.281 e. The highest BCUT2D eigenvalue weighted by Gasteiger charge is 2.27. The topological polar surface area (TPSA) is 37.4 Å². The minimum atomic E-state index is -0.279. The number of benzene rings is 1. The van der Waals surface area contributed by atoms with Crippen LogP contribution < -0.4 is 0 Å². The fraction of sp³-hybridized carbons (Fsp3) is 0.200. The summed E-state index contributed by atoms with van der Waals surface area (Å²) in [6, 6.07) is 5.01. The molecule has 1 heterocycles. The average molecular weight is 210 g/mol. The first-order chi connectivity index (χ1) is 6.59. The van der Waals surface area contributed by atoms with Crippen LogP contribution in [0.2, 0.25) is 5.02 Å². The molecule has 0 spiro atoms. The minimum absolute atomic E-state index is 0.176. The van der Waals surface area contributed by atoms with Gasteiger partial charge in [0.15, 0.2) is 0 Å². The zero-order valence-corrected chi connectivity index (χ0v) is 8.34. The first-order valence-electron chi connectivity index (χ1n) is 4.19. The van der Waals surface area contributed by atoms with E-state index in [2.05, 4.69) is 0 Å². The number of likely N-dealkylation sites (N-methyl/N-ethyl adjacent to an activating group) is 1. The van der Waals surface area contributed by atoms with Crippen LogP contribution >= 0.6 is 11.6 Å². The Kier molecular flexibility index (Phi) is 2.04. The molecule has 1 aromatic carbocycles. The predicted octanol–water partition coefficient (Wildman–Crippen LogP) is 1.49. The summed E-state index contributed by atoms with van der Waals surface area (Å²) in [6.45, 7) is 0. The monoisotopic (exact) mass is 209 g/mol. The second-order valence-corrected chi connectivity index (χ2v) is 3.67. The molecule has 2 amide bonds. The number of hydrogen-bond donors (Lipinski definition) is 0. The maximum absolute atomic E-state index is 11.6. The first kappa shape index (κ1) is 9.21. The van der Waals surface area contributed by atoms with E-state index in [0.717, 1.165) is 10.5 Å². The van der Waals surface area contributed by atoms with Crippen LogP contribution in [0.4, 0.5) is 0 Å². The number of halogens is 1. The van der Waals surface area contributed by atoms with Crippen molar-refractivity contribution >= 4 is 23.4 Å². The summed E-state index contributed by atoms with van der Waals surface area (Å²) in [5, 5.41) is 0.514. The predicted molar refractivity (Wildman–Crippen MR) is 52.3 cm³/mol. The molecule has 3 nitrogen and oxygen atoms in total. The quantitative estimate of drug-likeness (QED) is 0.608. The van der Waals surface area contributed by atoms with Crippen LogP contribution in [0.3, 0.4) is 0 Å². The highest BCUT2D eigenvalue weighted by Crippen LogP contribution is 2.22. The van der Waals surface area contributed by atoms with E-state index in [1.165, 1.54) is 7.05 Å². The molecule has 0 saturated heterocycles. The third kappa shape index (κ3) is 1.30. The van der Waals surface area contributed by atoms with Crippen molar-refractivity contribution in [2.24, 2.45) is 0 Å². The van der Waals surface area contributed by atoms with Crippen LogP contribution in [-0.4, -0.2) is 23.8 Å². The van der Waals surface area contributed by atoms with E-state index < -0.39 is 0 Å². The molecule has 1 aromatic rings. The van der Waals surface area contributed by atoms with E-state index in [1.54, 1.807) is 18.2 Å². The summed E-state index contributed by atoms with van der Waals surface area (Å²) in [5.41, 5.74) is 1.28. The van der Waals surface area contributed by atoms with Crippen molar-refractivity contribution in [3.8, 4) is 0 Å². The van der Waals surface area contributed by atoms with Crippen molar-refractivity contribution in [2.45, 2.75) is 6.42 Å². The van der Waals surface area contributed by atoms with E-state index in [4.69, 9.17) is 11.6 Å². The average Bonchev–Trinajstić information content (AvgIpc) is 2.16. The summed E-state index contributed by atoms with van der Waals surface area (Å²) in [4.78, 5) is 24.1. The summed E-state index contributed by atoms with van der Waals surface area (Å²) in [7, 11) is 1.48. The lowest BCUT2D eigenvalue weighted by atomic mass is 9.99. The number of carbonyl (C=O) groups is 2. The Labute approximate surface area is 86.3 Å². The fourth-order valence-corrected chi connectivity index (χ4v) is 1.65. The van der Waals surface area contributed by atoms with Gasteiger partial charge in [-0.1, -0.05) is 17.7 Å². The molecule has 2 rings (SSSR count). The number of carbonyl (C=O) groups excluding carboxylic acids is 2. The molecule has 0 N–H and O–H groups in total. The molecule has 4 heteroatoms. The molecule has 1 aliphatic rings. The lowest BCUT2D eigenvalue weighted by Gasteiger charge is -2.22. The van der Waals surface area contributed by atoms with Gasteiger partial charge in [0.05, 0.1) is 6.42 Å². The normalized spacial score (nSPS) is 15.7. The molecule has 72 valence electrons. The van der Waals surface area contributed by atoms with Crippen LogP contribution in [0.15, 0.2) is 18.2 Å². The SMILES string of the molecule is CN1C(=O)Cc2ccc(Cl)cc2C1=O. The molecule has 0 fully saturated rings. The molecular weight excluding hydrogens is 202 g/mol. The van der Waals surface area contributed by atoms with Crippen molar-refractivity contribution < 1.29 is 9.59 Å². The maximum Gasteiger partial charge on any atom is 0.260 e. The lowest BCUT2D eigenvalue weighted by molar-refractivity contribution is -0.127. The lowest BCUT2D eigenvalue weighted by Crippen LogP contribution is -2.39. The van der Waals surface area contributed by atoms with Gasteiger partial charge in [-0.2, -0.15) is 0 Å². The van der Waals surface area contributed by atoms with Crippen LogP contribution in [0.25, 0.3) is 0 Å². The minimum Gasteiger partial charge on any atom is -0.281 e. The molecule has 14 heavy (non-hydrogen) atoms. The summed E-state index contributed by atoms with van der Waals surface area (Å²) in [5.74, 6) is -0.455. The van der Waals surface area contributed by atoms with Crippen molar-refractivity contribution in [3.63, 3.8) is 0 Å². The van der Waals surface area contributed by atoms with Crippen LogP contribution in [-0.2, 0) is 11.2 Å². The Morgan fingerprint density at radius 3 is 2.79 bits per heavy atom. The molecule has 0 aliphatic carbocycles. The molecule has 0 atom stereocenters. The van der Waals surface area contributed by atoms with Gasteiger partial charge in [-0.25, -0.2) is 0 Å². The van der Waals surface area contributed by atoms with Gasteiger partial charge in [0, 0.05) is 17.6 Å². The summed E-state index contributed by atoms with van der Waals surface area (Å²) < 4.78 is 0. The van der Waals surface area contributed by atoms with E-state index in [-0.39, 0.29) is 18.2 Å². The van der Waals surface area contributed by atoms with E-state index in [0.29, 0.717) is 10.6 Å². The number of hydrogen-bond acceptors (Lipinski definition) is 2. The highest BCUT2D eigenvalue weighted by molar-refractivity contribution is 6.31. The van der Waals surface area contributed by atoms with Crippen molar-refractivity contribution in [1.82, 2.24) is 4.90 Å².